The van der Waals surface area contributed by atoms with Gasteiger partial charge in [-0.1, -0.05) is 42.5 Å². The van der Waals surface area contributed by atoms with Crippen molar-refractivity contribution >= 4 is 22.8 Å². The molecule has 5 nitrogen and oxygen atoms in total. The Bertz CT molecular complexity index is 991. The molecule has 2 aromatic carbocycles. The van der Waals surface area contributed by atoms with Crippen LogP contribution in [0.15, 0.2) is 63.1 Å². The lowest BCUT2D eigenvalue weighted by molar-refractivity contribution is 0.689. The zero-order valence-corrected chi connectivity index (χ0v) is 12.4. The first kappa shape index (κ1) is 14.0. The molecule has 0 aliphatic heterocycles. The maximum Gasteiger partial charge on any atom is 0.332 e. The summed E-state index contributed by atoms with van der Waals surface area (Å²) in [5.74, 6) is 0.334. The van der Waals surface area contributed by atoms with Gasteiger partial charge in [0, 0.05) is 31.9 Å². The summed E-state index contributed by atoms with van der Waals surface area (Å²) in [5.41, 5.74) is 0.178. The van der Waals surface area contributed by atoms with Gasteiger partial charge in [0.05, 0.1) is 0 Å². The van der Waals surface area contributed by atoms with E-state index in [2.05, 4.69) is 4.99 Å². The fourth-order valence-electron chi connectivity index (χ4n) is 2.34. The highest BCUT2D eigenvalue weighted by atomic mass is 16.2. The zero-order chi connectivity index (χ0) is 15.7. The van der Waals surface area contributed by atoms with Crippen LogP contribution in [0, 0.1) is 0 Å². The van der Waals surface area contributed by atoms with Gasteiger partial charge in [-0.15, -0.1) is 0 Å². The second-order valence-electron chi connectivity index (χ2n) is 5.07. The Morgan fingerprint density at radius 3 is 2.50 bits per heavy atom. The summed E-state index contributed by atoms with van der Waals surface area (Å²) >= 11 is 0. The second-order valence-corrected chi connectivity index (χ2v) is 5.07. The molecular formula is C17H15N3O2. The highest BCUT2D eigenvalue weighted by Gasteiger charge is 2.04. The molecule has 0 spiro atoms. The molecule has 0 atom stereocenters. The van der Waals surface area contributed by atoms with E-state index >= 15 is 0 Å². The van der Waals surface area contributed by atoms with Gasteiger partial charge in [0.25, 0.3) is 5.56 Å². The minimum Gasteiger partial charge on any atom is -0.281 e. The summed E-state index contributed by atoms with van der Waals surface area (Å²) in [5, 5.41) is 2.19. The smallest absolute Gasteiger partial charge is 0.281 e. The van der Waals surface area contributed by atoms with Crippen molar-refractivity contribution in [1.29, 1.82) is 0 Å². The van der Waals surface area contributed by atoms with Crippen molar-refractivity contribution in [3.05, 3.63) is 74.9 Å². The number of aromatic nitrogens is 2. The van der Waals surface area contributed by atoms with E-state index in [1.165, 1.54) is 17.7 Å². The molecule has 0 saturated heterocycles. The molecule has 1 heterocycles. The normalized spacial score (nSPS) is 11.4. The van der Waals surface area contributed by atoms with E-state index in [0.29, 0.717) is 5.82 Å². The molecule has 22 heavy (non-hydrogen) atoms. The fourth-order valence-corrected chi connectivity index (χ4v) is 2.34. The number of hydrogen-bond acceptors (Lipinski definition) is 3. The molecule has 0 saturated carbocycles. The topological polar surface area (TPSA) is 56.4 Å². The summed E-state index contributed by atoms with van der Waals surface area (Å²) in [7, 11) is 3.04. The van der Waals surface area contributed by atoms with Gasteiger partial charge in [-0.25, -0.2) is 9.79 Å². The largest absolute Gasteiger partial charge is 0.332 e. The molecule has 0 unspecified atom stereocenters. The predicted molar refractivity (Wildman–Crippen MR) is 88.1 cm³/mol. The molecule has 3 aromatic rings. The lowest BCUT2D eigenvalue weighted by Gasteiger charge is -2.05. The lowest BCUT2D eigenvalue weighted by atomic mass is 10.1. The average molecular weight is 293 g/mol. The number of hydrogen-bond donors (Lipinski definition) is 0. The molecular weight excluding hydrogens is 278 g/mol. The van der Waals surface area contributed by atoms with E-state index in [1.807, 2.05) is 42.5 Å². The fraction of sp³-hybridized carbons (Fsp3) is 0.118. The molecule has 0 aliphatic carbocycles. The van der Waals surface area contributed by atoms with Crippen LogP contribution in [0.2, 0.25) is 0 Å². The van der Waals surface area contributed by atoms with E-state index < -0.39 is 5.69 Å². The minimum atomic E-state index is -0.391. The average Bonchev–Trinajstić information content (AvgIpc) is 2.55. The molecule has 110 valence electrons. The Kier molecular flexibility index (Phi) is 3.47. The van der Waals surface area contributed by atoms with Gasteiger partial charge < -0.3 is 0 Å². The van der Waals surface area contributed by atoms with Crippen LogP contribution in [0.25, 0.3) is 10.8 Å². The molecule has 0 aliphatic rings. The Balaban J connectivity index is 2.12. The van der Waals surface area contributed by atoms with Gasteiger partial charge in [-0.05, 0) is 10.8 Å². The highest BCUT2D eigenvalue weighted by Crippen LogP contribution is 2.17. The van der Waals surface area contributed by atoms with Crippen molar-refractivity contribution in [2.45, 2.75) is 0 Å². The summed E-state index contributed by atoms with van der Waals surface area (Å²) < 4.78 is 2.40. The van der Waals surface area contributed by atoms with Gasteiger partial charge in [-0.3, -0.25) is 13.9 Å². The van der Waals surface area contributed by atoms with E-state index in [1.54, 1.807) is 13.3 Å². The Hall–Kier alpha value is -2.95. The third-order valence-electron chi connectivity index (χ3n) is 3.66. The molecule has 0 bridgehead atoms. The van der Waals surface area contributed by atoms with Crippen molar-refractivity contribution < 1.29 is 0 Å². The van der Waals surface area contributed by atoms with E-state index in [-0.39, 0.29) is 5.56 Å². The number of rotatable bonds is 2. The molecule has 1 aromatic heterocycles. The summed E-state index contributed by atoms with van der Waals surface area (Å²) in [6.45, 7) is 0. The van der Waals surface area contributed by atoms with Crippen LogP contribution in [0.4, 0.5) is 5.82 Å². The summed E-state index contributed by atoms with van der Waals surface area (Å²) in [6, 6.07) is 15.3. The van der Waals surface area contributed by atoms with Crippen LogP contribution in [-0.4, -0.2) is 15.3 Å². The molecule has 0 N–H and O–H groups in total. The van der Waals surface area contributed by atoms with Crippen molar-refractivity contribution in [3.8, 4) is 0 Å². The van der Waals surface area contributed by atoms with Crippen LogP contribution in [0.1, 0.15) is 5.56 Å². The number of nitrogens with zero attached hydrogens (tertiary/aromatic N) is 3. The third-order valence-corrected chi connectivity index (χ3v) is 3.66. The van der Waals surface area contributed by atoms with Crippen LogP contribution in [0.5, 0.6) is 0 Å². The first-order valence-corrected chi connectivity index (χ1v) is 6.87. The Morgan fingerprint density at radius 2 is 1.68 bits per heavy atom. The van der Waals surface area contributed by atoms with E-state index in [9.17, 15) is 9.59 Å². The van der Waals surface area contributed by atoms with Crippen molar-refractivity contribution in [2.75, 3.05) is 0 Å². The van der Waals surface area contributed by atoms with Gasteiger partial charge in [0.1, 0.15) is 5.82 Å². The first-order chi connectivity index (χ1) is 10.6. The van der Waals surface area contributed by atoms with Crippen LogP contribution < -0.4 is 11.2 Å². The van der Waals surface area contributed by atoms with Crippen LogP contribution in [-0.2, 0) is 14.1 Å². The number of benzene rings is 2. The minimum absolute atomic E-state index is 0.334. The molecule has 5 heteroatoms. The second kappa shape index (κ2) is 5.44. The van der Waals surface area contributed by atoms with E-state index in [4.69, 9.17) is 0 Å². The quantitative estimate of drug-likeness (QED) is 0.678. The van der Waals surface area contributed by atoms with Crippen LogP contribution in [0.3, 0.4) is 0 Å². The predicted octanol–water partition coefficient (Wildman–Crippen LogP) is 1.99. The van der Waals surface area contributed by atoms with E-state index in [0.717, 1.165) is 20.9 Å². The zero-order valence-electron chi connectivity index (χ0n) is 12.4. The van der Waals surface area contributed by atoms with Crippen LogP contribution >= 0.6 is 0 Å². The lowest BCUT2D eigenvalue weighted by Crippen LogP contribution is -2.35. The summed E-state index contributed by atoms with van der Waals surface area (Å²) in [6.07, 6.45) is 1.68. The molecule has 0 fully saturated rings. The van der Waals surface area contributed by atoms with Gasteiger partial charge in [0.15, 0.2) is 0 Å². The maximum atomic E-state index is 11.9. The standard InChI is InChI=1S/C17H15N3O2/c1-19-15(10-16(21)20(2)17(19)22)18-11-13-8-5-7-12-6-3-4-9-14(12)13/h3-11H,1-2H3/b18-11+. The number of aliphatic imine (C=N–C) groups is 1. The Morgan fingerprint density at radius 1 is 0.955 bits per heavy atom. The third kappa shape index (κ3) is 2.37. The molecule has 3 rings (SSSR count). The SMILES string of the molecule is Cn1c(/N=C/c2cccc3ccccc23)cc(=O)n(C)c1=O. The highest BCUT2D eigenvalue weighted by molar-refractivity contribution is 6.00. The van der Waals surface area contributed by atoms with Gasteiger partial charge in [-0.2, -0.15) is 0 Å². The maximum absolute atomic E-state index is 11.9. The number of fused-ring (bicyclic) bond motifs is 1. The van der Waals surface area contributed by atoms with Crippen molar-refractivity contribution in [2.24, 2.45) is 19.1 Å². The molecule has 0 amide bonds. The van der Waals surface area contributed by atoms with Gasteiger partial charge in [0.2, 0.25) is 0 Å². The Labute approximate surface area is 126 Å². The van der Waals surface area contributed by atoms with Crippen molar-refractivity contribution in [3.63, 3.8) is 0 Å². The summed E-state index contributed by atoms with van der Waals surface area (Å²) in [4.78, 5) is 27.9. The molecule has 0 radical (unpaired) electrons. The van der Waals surface area contributed by atoms with Gasteiger partial charge >= 0.3 is 5.69 Å². The first-order valence-electron chi connectivity index (χ1n) is 6.87. The van der Waals surface area contributed by atoms with Crippen molar-refractivity contribution in [1.82, 2.24) is 9.13 Å². The monoisotopic (exact) mass is 293 g/mol.